The second kappa shape index (κ2) is 3.38. The zero-order chi connectivity index (χ0) is 10.1. The van der Waals surface area contributed by atoms with Crippen LogP contribution < -0.4 is 19.9 Å². The molecule has 1 aromatic carbocycles. The third kappa shape index (κ3) is 1.28. The number of hydrogen-bond acceptors (Lipinski definition) is 4. The summed E-state index contributed by atoms with van der Waals surface area (Å²) < 4.78 is 15.7. The van der Waals surface area contributed by atoms with Crippen molar-refractivity contribution in [2.45, 2.75) is 6.04 Å². The fourth-order valence-corrected chi connectivity index (χ4v) is 1.56. The summed E-state index contributed by atoms with van der Waals surface area (Å²) in [6, 6.07) is 3.61. The first-order chi connectivity index (χ1) is 6.76. The largest absolute Gasteiger partial charge is 0.493 e. The molecule has 76 valence electrons. The summed E-state index contributed by atoms with van der Waals surface area (Å²) in [5, 5.41) is 0. The molecule has 1 aliphatic rings. The number of rotatable bonds is 2. The SMILES string of the molecule is COc1cc2c(cc1OC)[C@@H](N)CO2. The Morgan fingerprint density at radius 2 is 1.93 bits per heavy atom. The molecule has 1 aliphatic heterocycles. The predicted octanol–water partition coefficient (Wildman–Crippen LogP) is 1.10. The van der Waals surface area contributed by atoms with Crippen LogP contribution in [0.15, 0.2) is 12.1 Å². The standard InChI is InChI=1S/C10H13NO3/c1-12-9-3-6-7(11)5-14-8(6)4-10(9)13-2/h3-4,7H,5,11H2,1-2H3/t7-/m0/s1. The molecular weight excluding hydrogens is 182 g/mol. The molecular formula is C10H13NO3. The molecule has 1 atom stereocenters. The topological polar surface area (TPSA) is 53.7 Å². The van der Waals surface area contributed by atoms with Crippen molar-refractivity contribution in [3.63, 3.8) is 0 Å². The number of fused-ring (bicyclic) bond motifs is 1. The van der Waals surface area contributed by atoms with Gasteiger partial charge in [-0.3, -0.25) is 0 Å². The van der Waals surface area contributed by atoms with E-state index in [1.165, 1.54) is 0 Å². The van der Waals surface area contributed by atoms with E-state index >= 15 is 0 Å². The molecule has 4 nitrogen and oxygen atoms in total. The molecule has 0 amide bonds. The fourth-order valence-electron chi connectivity index (χ4n) is 1.56. The van der Waals surface area contributed by atoms with Crippen molar-refractivity contribution in [3.05, 3.63) is 17.7 Å². The maximum absolute atomic E-state index is 5.84. The van der Waals surface area contributed by atoms with Crippen LogP contribution in [0.3, 0.4) is 0 Å². The lowest BCUT2D eigenvalue weighted by Gasteiger charge is -2.09. The van der Waals surface area contributed by atoms with Gasteiger partial charge in [0, 0.05) is 11.6 Å². The molecule has 2 rings (SSSR count). The molecule has 1 aromatic rings. The summed E-state index contributed by atoms with van der Waals surface area (Å²) >= 11 is 0. The van der Waals surface area contributed by atoms with Gasteiger partial charge in [0.15, 0.2) is 11.5 Å². The molecule has 0 spiro atoms. The highest BCUT2D eigenvalue weighted by Gasteiger charge is 2.23. The second-order valence-corrected chi connectivity index (χ2v) is 3.16. The van der Waals surface area contributed by atoms with Gasteiger partial charge in [0.2, 0.25) is 0 Å². The highest BCUT2D eigenvalue weighted by Crippen LogP contribution is 2.40. The molecule has 4 heteroatoms. The van der Waals surface area contributed by atoms with Crippen LogP contribution in [0.4, 0.5) is 0 Å². The quantitative estimate of drug-likeness (QED) is 0.767. The molecule has 2 N–H and O–H groups in total. The normalized spacial score (nSPS) is 18.6. The Morgan fingerprint density at radius 1 is 1.29 bits per heavy atom. The third-order valence-electron chi connectivity index (χ3n) is 2.33. The zero-order valence-corrected chi connectivity index (χ0v) is 8.24. The van der Waals surface area contributed by atoms with Crippen LogP contribution in [0.5, 0.6) is 17.2 Å². The molecule has 0 aromatic heterocycles. The highest BCUT2D eigenvalue weighted by atomic mass is 16.5. The van der Waals surface area contributed by atoms with Crippen LogP contribution in [-0.2, 0) is 0 Å². The van der Waals surface area contributed by atoms with E-state index in [-0.39, 0.29) is 6.04 Å². The maximum Gasteiger partial charge on any atom is 0.164 e. The number of hydrogen-bond donors (Lipinski definition) is 1. The Hall–Kier alpha value is -1.42. The average molecular weight is 195 g/mol. The third-order valence-corrected chi connectivity index (χ3v) is 2.33. The van der Waals surface area contributed by atoms with E-state index in [0.29, 0.717) is 18.1 Å². The van der Waals surface area contributed by atoms with Gasteiger partial charge in [-0.05, 0) is 6.07 Å². The minimum atomic E-state index is -0.0650. The van der Waals surface area contributed by atoms with Crippen molar-refractivity contribution in [1.82, 2.24) is 0 Å². The number of benzene rings is 1. The Morgan fingerprint density at radius 3 is 2.57 bits per heavy atom. The van der Waals surface area contributed by atoms with E-state index in [4.69, 9.17) is 19.9 Å². The van der Waals surface area contributed by atoms with Crippen molar-refractivity contribution in [2.75, 3.05) is 20.8 Å². The minimum Gasteiger partial charge on any atom is -0.493 e. The minimum absolute atomic E-state index is 0.0650. The van der Waals surface area contributed by atoms with Gasteiger partial charge in [0.05, 0.1) is 20.3 Å². The van der Waals surface area contributed by atoms with Gasteiger partial charge in [0.1, 0.15) is 12.4 Å². The monoisotopic (exact) mass is 195 g/mol. The summed E-state index contributed by atoms with van der Waals surface area (Å²) in [4.78, 5) is 0. The fraction of sp³-hybridized carbons (Fsp3) is 0.400. The van der Waals surface area contributed by atoms with Gasteiger partial charge >= 0.3 is 0 Å². The first kappa shape index (κ1) is 9.15. The molecule has 1 heterocycles. The van der Waals surface area contributed by atoms with E-state index in [1.807, 2.05) is 6.07 Å². The lowest BCUT2D eigenvalue weighted by atomic mass is 10.1. The lowest BCUT2D eigenvalue weighted by molar-refractivity contribution is 0.328. The van der Waals surface area contributed by atoms with Gasteiger partial charge in [-0.1, -0.05) is 0 Å². The Balaban J connectivity index is 2.49. The molecule has 0 fully saturated rings. The molecule has 0 unspecified atom stereocenters. The summed E-state index contributed by atoms with van der Waals surface area (Å²) in [5.41, 5.74) is 6.81. The van der Waals surface area contributed by atoms with Crippen LogP contribution in [0.2, 0.25) is 0 Å². The number of ether oxygens (including phenoxy) is 3. The van der Waals surface area contributed by atoms with Crippen molar-refractivity contribution in [1.29, 1.82) is 0 Å². The first-order valence-electron chi connectivity index (χ1n) is 4.40. The Bertz CT molecular complexity index is 351. The molecule has 0 saturated carbocycles. The van der Waals surface area contributed by atoms with Crippen LogP contribution in [0, 0.1) is 0 Å². The van der Waals surface area contributed by atoms with E-state index in [1.54, 1.807) is 20.3 Å². The zero-order valence-electron chi connectivity index (χ0n) is 8.24. The number of nitrogens with two attached hydrogens (primary N) is 1. The molecule has 14 heavy (non-hydrogen) atoms. The summed E-state index contributed by atoms with van der Waals surface area (Å²) in [6.07, 6.45) is 0. The van der Waals surface area contributed by atoms with E-state index in [2.05, 4.69) is 0 Å². The van der Waals surface area contributed by atoms with Gasteiger partial charge < -0.3 is 19.9 Å². The van der Waals surface area contributed by atoms with Crippen LogP contribution >= 0.6 is 0 Å². The molecule has 0 radical (unpaired) electrons. The van der Waals surface area contributed by atoms with E-state index in [0.717, 1.165) is 11.3 Å². The van der Waals surface area contributed by atoms with Crippen LogP contribution in [0.1, 0.15) is 11.6 Å². The second-order valence-electron chi connectivity index (χ2n) is 3.16. The summed E-state index contributed by atoms with van der Waals surface area (Å²) in [6.45, 7) is 0.519. The van der Waals surface area contributed by atoms with Gasteiger partial charge in [-0.25, -0.2) is 0 Å². The first-order valence-corrected chi connectivity index (χ1v) is 4.40. The van der Waals surface area contributed by atoms with Gasteiger partial charge in [-0.2, -0.15) is 0 Å². The predicted molar refractivity (Wildman–Crippen MR) is 52.0 cm³/mol. The molecule has 0 aliphatic carbocycles. The van der Waals surface area contributed by atoms with E-state index < -0.39 is 0 Å². The Kier molecular flexibility index (Phi) is 2.21. The number of methoxy groups -OCH3 is 2. The summed E-state index contributed by atoms with van der Waals surface area (Å²) in [7, 11) is 3.20. The van der Waals surface area contributed by atoms with Gasteiger partial charge in [-0.15, -0.1) is 0 Å². The van der Waals surface area contributed by atoms with Crippen LogP contribution in [-0.4, -0.2) is 20.8 Å². The average Bonchev–Trinajstić information content (AvgIpc) is 2.58. The smallest absolute Gasteiger partial charge is 0.164 e. The molecule has 0 saturated heterocycles. The lowest BCUT2D eigenvalue weighted by Crippen LogP contribution is -2.10. The van der Waals surface area contributed by atoms with Crippen molar-refractivity contribution in [3.8, 4) is 17.2 Å². The van der Waals surface area contributed by atoms with Crippen LogP contribution in [0.25, 0.3) is 0 Å². The molecule has 0 bridgehead atoms. The van der Waals surface area contributed by atoms with Crippen molar-refractivity contribution in [2.24, 2.45) is 5.73 Å². The highest BCUT2D eigenvalue weighted by molar-refractivity contribution is 5.53. The maximum atomic E-state index is 5.84. The Labute approximate surface area is 82.6 Å². The van der Waals surface area contributed by atoms with Crippen molar-refractivity contribution >= 4 is 0 Å². The summed E-state index contributed by atoms with van der Waals surface area (Å²) in [5.74, 6) is 2.14. The van der Waals surface area contributed by atoms with Crippen molar-refractivity contribution < 1.29 is 14.2 Å². The van der Waals surface area contributed by atoms with Gasteiger partial charge in [0.25, 0.3) is 0 Å². The van der Waals surface area contributed by atoms with E-state index in [9.17, 15) is 0 Å².